The number of benzene rings is 1. The molecule has 0 atom stereocenters. The van der Waals surface area contributed by atoms with Crippen LogP contribution in [0.3, 0.4) is 0 Å². The monoisotopic (exact) mass is 368 g/mol. The predicted octanol–water partition coefficient (Wildman–Crippen LogP) is 3.65. The number of carbonyl (C=O) groups excluding carboxylic acids is 1. The van der Waals surface area contributed by atoms with Crippen LogP contribution in [-0.4, -0.2) is 36.0 Å². The zero-order chi connectivity index (χ0) is 15.2. The minimum absolute atomic E-state index is 0.162. The van der Waals surface area contributed by atoms with Gasteiger partial charge in [0.1, 0.15) is 18.1 Å². The molecule has 1 amide bonds. The van der Waals surface area contributed by atoms with Gasteiger partial charge < -0.3 is 9.64 Å². The van der Waals surface area contributed by atoms with Crippen molar-refractivity contribution in [3.8, 4) is 5.75 Å². The normalized spacial score (nSPS) is 10.2. The number of ether oxygens (including phenoxy) is 1. The minimum Gasteiger partial charge on any atom is -0.490 e. The molecule has 0 radical (unpaired) electrons. The van der Waals surface area contributed by atoms with Crippen molar-refractivity contribution in [2.75, 3.05) is 20.2 Å². The molecule has 110 valence electrons. The summed E-state index contributed by atoms with van der Waals surface area (Å²) < 4.78 is 6.24. The van der Waals surface area contributed by atoms with E-state index in [2.05, 4.69) is 20.9 Å². The highest BCUT2D eigenvalue weighted by atomic mass is 79.9. The van der Waals surface area contributed by atoms with Gasteiger partial charge in [0.25, 0.3) is 5.91 Å². The lowest BCUT2D eigenvalue weighted by Gasteiger charge is -2.17. The topological polar surface area (TPSA) is 42.4 Å². The first kappa shape index (κ1) is 15.8. The van der Waals surface area contributed by atoms with Crippen LogP contribution in [0.25, 0.3) is 0 Å². The van der Waals surface area contributed by atoms with Crippen molar-refractivity contribution in [1.29, 1.82) is 0 Å². The highest BCUT2D eigenvalue weighted by Gasteiger charge is 2.15. The lowest BCUT2D eigenvalue weighted by atomic mass is 10.3. The second-order valence-electron chi connectivity index (χ2n) is 4.34. The Morgan fingerprint density at radius 2 is 2.10 bits per heavy atom. The van der Waals surface area contributed by atoms with Crippen LogP contribution in [0.5, 0.6) is 5.75 Å². The number of pyridine rings is 1. The molecule has 0 aliphatic carbocycles. The molecule has 4 nitrogen and oxygen atoms in total. The predicted molar refractivity (Wildman–Crippen MR) is 85.8 cm³/mol. The molecule has 0 aliphatic heterocycles. The van der Waals surface area contributed by atoms with Crippen molar-refractivity contribution in [1.82, 2.24) is 9.88 Å². The number of hydrogen-bond donors (Lipinski definition) is 0. The van der Waals surface area contributed by atoms with E-state index in [4.69, 9.17) is 16.3 Å². The van der Waals surface area contributed by atoms with Crippen molar-refractivity contribution < 1.29 is 9.53 Å². The molecule has 0 bridgehead atoms. The Morgan fingerprint density at radius 1 is 1.33 bits per heavy atom. The molecule has 0 saturated carbocycles. The van der Waals surface area contributed by atoms with Crippen LogP contribution >= 0.6 is 27.5 Å². The fourth-order valence-corrected chi connectivity index (χ4v) is 2.29. The number of hydrogen-bond acceptors (Lipinski definition) is 3. The molecular weight excluding hydrogens is 356 g/mol. The summed E-state index contributed by atoms with van der Waals surface area (Å²) in [5, 5.41) is 0.555. The van der Waals surface area contributed by atoms with Crippen LogP contribution in [0, 0.1) is 0 Å². The van der Waals surface area contributed by atoms with Crippen molar-refractivity contribution in [3.05, 3.63) is 57.8 Å². The molecule has 2 aromatic rings. The minimum atomic E-state index is -0.162. The molecule has 21 heavy (non-hydrogen) atoms. The van der Waals surface area contributed by atoms with Crippen LogP contribution in [0.4, 0.5) is 0 Å². The maximum absolute atomic E-state index is 12.2. The summed E-state index contributed by atoms with van der Waals surface area (Å²) in [5.41, 5.74) is 0.387. The molecule has 0 unspecified atom stereocenters. The van der Waals surface area contributed by atoms with Crippen molar-refractivity contribution in [3.63, 3.8) is 0 Å². The highest BCUT2D eigenvalue weighted by Crippen LogP contribution is 2.23. The first-order valence-corrected chi connectivity index (χ1v) is 7.50. The molecule has 0 spiro atoms. The SMILES string of the molecule is CN(CCOc1ccccc1Cl)C(=O)c1ncccc1Br. The van der Waals surface area contributed by atoms with Gasteiger partial charge in [0.2, 0.25) is 0 Å². The van der Waals surface area contributed by atoms with E-state index < -0.39 is 0 Å². The van der Waals surface area contributed by atoms with Gasteiger partial charge in [-0.3, -0.25) is 4.79 Å². The van der Waals surface area contributed by atoms with E-state index in [1.165, 1.54) is 0 Å². The van der Waals surface area contributed by atoms with Gasteiger partial charge in [-0.2, -0.15) is 0 Å². The fourth-order valence-electron chi connectivity index (χ4n) is 1.68. The van der Waals surface area contributed by atoms with Crippen LogP contribution in [0.2, 0.25) is 5.02 Å². The maximum Gasteiger partial charge on any atom is 0.273 e. The van der Waals surface area contributed by atoms with Crippen molar-refractivity contribution in [2.45, 2.75) is 0 Å². The fraction of sp³-hybridized carbons (Fsp3) is 0.200. The molecule has 0 saturated heterocycles. The zero-order valence-corrected chi connectivity index (χ0v) is 13.8. The van der Waals surface area contributed by atoms with Gasteiger partial charge in [-0.25, -0.2) is 4.98 Å². The van der Waals surface area contributed by atoms with Crippen LogP contribution in [0.1, 0.15) is 10.5 Å². The number of likely N-dealkylation sites (N-methyl/N-ethyl adjacent to an activating group) is 1. The van der Waals surface area contributed by atoms with Gasteiger partial charge in [0.05, 0.1) is 11.6 Å². The van der Waals surface area contributed by atoms with E-state index in [1.54, 1.807) is 42.4 Å². The number of rotatable bonds is 5. The maximum atomic E-state index is 12.2. The van der Waals surface area contributed by atoms with Gasteiger partial charge >= 0.3 is 0 Å². The quantitative estimate of drug-likeness (QED) is 0.808. The number of carbonyl (C=O) groups is 1. The summed E-state index contributed by atoms with van der Waals surface area (Å²) >= 11 is 9.32. The summed E-state index contributed by atoms with van der Waals surface area (Å²) in [4.78, 5) is 17.9. The standard InChI is InChI=1S/C15H14BrClN2O2/c1-19(15(20)14-11(16)5-4-8-18-14)9-10-21-13-7-3-2-6-12(13)17/h2-8H,9-10H2,1H3. The second-order valence-corrected chi connectivity index (χ2v) is 5.60. The Balaban J connectivity index is 1.90. The molecule has 6 heteroatoms. The lowest BCUT2D eigenvalue weighted by molar-refractivity contribution is 0.0767. The van der Waals surface area contributed by atoms with Crippen LogP contribution < -0.4 is 4.74 Å². The summed E-state index contributed by atoms with van der Waals surface area (Å²) in [5.74, 6) is 0.448. The van der Waals surface area contributed by atoms with E-state index in [0.717, 1.165) is 0 Å². The van der Waals surface area contributed by atoms with E-state index in [1.807, 2.05) is 12.1 Å². The zero-order valence-electron chi connectivity index (χ0n) is 11.4. The molecule has 1 aromatic carbocycles. The molecule has 2 rings (SSSR count). The van der Waals surface area contributed by atoms with Crippen LogP contribution in [-0.2, 0) is 0 Å². The summed E-state index contributed by atoms with van der Waals surface area (Å²) in [7, 11) is 1.71. The van der Waals surface area contributed by atoms with Gasteiger partial charge in [-0.05, 0) is 40.2 Å². The van der Waals surface area contributed by atoms with Crippen molar-refractivity contribution in [2.24, 2.45) is 0 Å². The average Bonchev–Trinajstić information content (AvgIpc) is 2.49. The Bertz CT molecular complexity index is 637. The van der Waals surface area contributed by atoms with Crippen molar-refractivity contribution >= 4 is 33.4 Å². The highest BCUT2D eigenvalue weighted by molar-refractivity contribution is 9.10. The lowest BCUT2D eigenvalue weighted by Crippen LogP contribution is -2.31. The Kier molecular flexibility index (Phi) is 5.59. The second kappa shape index (κ2) is 7.43. The summed E-state index contributed by atoms with van der Waals surface area (Å²) in [6, 6.07) is 10.8. The third kappa shape index (κ3) is 4.19. The average molecular weight is 370 g/mol. The largest absolute Gasteiger partial charge is 0.490 e. The molecule has 0 aliphatic rings. The molecule has 0 N–H and O–H groups in total. The number of halogens is 2. The van der Waals surface area contributed by atoms with Gasteiger partial charge in [-0.1, -0.05) is 23.7 Å². The molecular formula is C15H14BrClN2O2. The summed E-state index contributed by atoms with van der Waals surface area (Å²) in [6.07, 6.45) is 1.59. The summed E-state index contributed by atoms with van der Waals surface area (Å²) in [6.45, 7) is 0.795. The molecule has 1 aromatic heterocycles. The molecule has 1 heterocycles. The smallest absolute Gasteiger partial charge is 0.273 e. The Morgan fingerprint density at radius 3 is 2.81 bits per heavy atom. The molecule has 0 fully saturated rings. The van der Waals surface area contributed by atoms with E-state index in [-0.39, 0.29) is 5.91 Å². The number of amides is 1. The third-order valence-corrected chi connectivity index (χ3v) is 3.78. The first-order chi connectivity index (χ1) is 10.1. The van der Waals surface area contributed by atoms with E-state index >= 15 is 0 Å². The Hall–Kier alpha value is -1.59. The van der Waals surface area contributed by atoms with Gasteiger partial charge in [0, 0.05) is 17.7 Å². The first-order valence-electron chi connectivity index (χ1n) is 6.33. The van der Waals surface area contributed by atoms with Gasteiger partial charge in [0.15, 0.2) is 0 Å². The number of aromatic nitrogens is 1. The Labute approximate surface area is 136 Å². The van der Waals surface area contributed by atoms with Gasteiger partial charge in [-0.15, -0.1) is 0 Å². The number of nitrogens with zero attached hydrogens (tertiary/aromatic N) is 2. The number of para-hydroxylation sites is 1. The van der Waals surface area contributed by atoms with E-state index in [0.29, 0.717) is 34.1 Å². The third-order valence-electron chi connectivity index (χ3n) is 2.83. The van der Waals surface area contributed by atoms with E-state index in [9.17, 15) is 4.79 Å². The van der Waals surface area contributed by atoms with Crippen LogP contribution in [0.15, 0.2) is 47.1 Å².